The van der Waals surface area contributed by atoms with E-state index in [1.807, 2.05) is 6.07 Å². The number of hydrogen-bond acceptors (Lipinski definition) is 3. The Balaban J connectivity index is 2.23. The summed E-state index contributed by atoms with van der Waals surface area (Å²) in [7, 11) is 0. The highest BCUT2D eigenvalue weighted by molar-refractivity contribution is 9.09. The highest BCUT2D eigenvalue weighted by Gasteiger charge is 2.33. The molecule has 116 valence electrons. The number of carbonyl (C=O) groups is 1. The number of hydrogen-bond donors (Lipinski definition) is 1. The number of benzene rings is 1. The molecule has 1 unspecified atom stereocenters. The number of alkyl halides is 1. The van der Waals surface area contributed by atoms with Gasteiger partial charge in [-0.2, -0.15) is 0 Å². The second-order valence-electron chi connectivity index (χ2n) is 5.42. The minimum absolute atomic E-state index is 0.0876. The molecule has 21 heavy (non-hydrogen) atoms. The summed E-state index contributed by atoms with van der Waals surface area (Å²) in [6, 6.07) is 5.32. The van der Waals surface area contributed by atoms with Gasteiger partial charge in [0.1, 0.15) is 0 Å². The van der Waals surface area contributed by atoms with E-state index in [0.717, 1.165) is 18.4 Å². The summed E-state index contributed by atoms with van der Waals surface area (Å²) >= 11 is 10.2. The molecule has 0 aromatic heterocycles. The Morgan fingerprint density at radius 2 is 2.10 bits per heavy atom. The lowest BCUT2D eigenvalue weighted by atomic mass is 9.83. The fourth-order valence-electron chi connectivity index (χ4n) is 2.80. The van der Waals surface area contributed by atoms with Crippen LogP contribution >= 0.6 is 27.5 Å². The van der Waals surface area contributed by atoms with Crippen molar-refractivity contribution in [2.75, 3.05) is 6.61 Å². The van der Waals surface area contributed by atoms with E-state index in [1.54, 1.807) is 19.1 Å². The number of rotatable bonds is 4. The van der Waals surface area contributed by atoms with Gasteiger partial charge in [-0.1, -0.05) is 58.9 Å². The maximum absolute atomic E-state index is 11.6. The van der Waals surface area contributed by atoms with Gasteiger partial charge in [0.15, 0.2) is 6.10 Å². The molecule has 5 heteroatoms. The van der Waals surface area contributed by atoms with Gasteiger partial charge in [0.05, 0.1) is 10.9 Å². The molecule has 0 radical (unpaired) electrons. The molecule has 0 spiro atoms. The minimum atomic E-state index is -1.28. The number of esters is 1. The largest absolute Gasteiger partial charge is 0.464 e. The van der Waals surface area contributed by atoms with Crippen molar-refractivity contribution < 1.29 is 14.6 Å². The van der Waals surface area contributed by atoms with Crippen molar-refractivity contribution in [2.24, 2.45) is 0 Å². The molecule has 0 amide bonds. The summed E-state index contributed by atoms with van der Waals surface area (Å²) in [5.41, 5.74) is 1.50. The van der Waals surface area contributed by atoms with Gasteiger partial charge in [-0.05, 0) is 37.0 Å². The maximum Gasteiger partial charge on any atom is 0.339 e. The summed E-state index contributed by atoms with van der Waals surface area (Å²) in [5, 5.41) is 10.5. The molecular weight excluding hydrogens is 356 g/mol. The molecule has 2 rings (SSSR count). The van der Waals surface area contributed by atoms with Gasteiger partial charge < -0.3 is 9.84 Å². The van der Waals surface area contributed by atoms with Crippen LogP contribution in [0.4, 0.5) is 0 Å². The van der Waals surface area contributed by atoms with Gasteiger partial charge in [-0.25, -0.2) is 4.79 Å². The quantitative estimate of drug-likeness (QED) is 0.623. The predicted octanol–water partition coefficient (Wildman–Crippen LogP) is 4.49. The van der Waals surface area contributed by atoms with Crippen molar-refractivity contribution in [1.82, 2.24) is 0 Å². The SMILES string of the molecule is CCOC(=O)C(O)c1ccc(C2(Br)CCCCC2)c(Cl)c1. The van der Waals surface area contributed by atoms with Gasteiger partial charge in [0.2, 0.25) is 0 Å². The number of ether oxygens (including phenoxy) is 1. The summed E-state index contributed by atoms with van der Waals surface area (Å²) in [5.74, 6) is -0.646. The molecule has 0 bridgehead atoms. The molecular formula is C16H20BrClO3. The van der Waals surface area contributed by atoms with Crippen molar-refractivity contribution in [2.45, 2.75) is 49.5 Å². The van der Waals surface area contributed by atoms with Gasteiger partial charge >= 0.3 is 5.97 Å². The Kier molecular flexibility index (Phi) is 5.69. The van der Waals surface area contributed by atoms with E-state index in [1.165, 1.54) is 19.3 Å². The lowest BCUT2D eigenvalue weighted by Crippen LogP contribution is -2.22. The van der Waals surface area contributed by atoms with Crippen molar-refractivity contribution in [3.8, 4) is 0 Å². The molecule has 1 aromatic rings. The summed E-state index contributed by atoms with van der Waals surface area (Å²) in [6.07, 6.45) is 4.42. The molecule has 1 atom stereocenters. The van der Waals surface area contributed by atoms with Gasteiger partial charge in [-0.3, -0.25) is 0 Å². The van der Waals surface area contributed by atoms with Gasteiger partial charge in [0, 0.05) is 5.02 Å². The normalized spacial score (nSPS) is 19.0. The molecule has 3 nitrogen and oxygen atoms in total. The molecule has 1 aliphatic carbocycles. The minimum Gasteiger partial charge on any atom is -0.464 e. The first-order valence-electron chi connectivity index (χ1n) is 7.31. The number of carbonyl (C=O) groups excluding carboxylic acids is 1. The number of aliphatic hydroxyl groups excluding tert-OH is 1. The second kappa shape index (κ2) is 7.12. The Labute approximate surface area is 138 Å². The van der Waals surface area contributed by atoms with E-state index < -0.39 is 12.1 Å². The highest BCUT2D eigenvalue weighted by Crippen LogP contribution is 2.47. The van der Waals surface area contributed by atoms with E-state index in [-0.39, 0.29) is 10.9 Å². The zero-order valence-corrected chi connectivity index (χ0v) is 14.4. The van der Waals surface area contributed by atoms with Crippen LogP contribution in [0.25, 0.3) is 0 Å². The Bertz CT molecular complexity index is 512. The molecule has 0 heterocycles. The molecule has 1 aliphatic rings. The third-order valence-electron chi connectivity index (χ3n) is 3.95. The molecule has 1 saturated carbocycles. The van der Waals surface area contributed by atoms with Gasteiger partial charge in [-0.15, -0.1) is 0 Å². The van der Waals surface area contributed by atoms with E-state index >= 15 is 0 Å². The van der Waals surface area contributed by atoms with Crippen LogP contribution in [0.15, 0.2) is 18.2 Å². The smallest absolute Gasteiger partial charge is 0.339 e. The fourth-order valence-corrected chi connectivity index (χ4v) is 4.19. The summed E-state index contributed by atoms with van der Waals surface area (Å²) in [4.78, 5) is 11.6. The number of aliphatic hydroxyl groups is 1. The first-order chi connectivity index (χ1) is 9.98. The fraction of sp³-hybridized carbons (Fsp3) is 0.562. The first-order valence-corrected chi connectivity index (χ1v) is 8.48. The Morgan fingerprint density at radius 3 is 2.67 bits per heavy atom. The monoisotopic (exact) mass is 374 g/mol. The standard InChI is InChI=1S/C16H20BrClO3/c1-2-21-15(20)14(19)11-6-7-12(13(18)10-11)16(17)8-4-3-5-9-16/h6-7,10,14,19H,2-5,8-9H2,1H3. The summed E-state index contributed by atoms with van der Waals surface area (Å²) in [6.45, 7) is 1.95. The number of halogens is 2. The molecule has 1 fully saturated rings. The van der Waals surface area contributed by atoms with E-state index in [4.69, 9.17) is 16.3 Å². The van der Waals surface area contributed by atoms with Crippen LogP contribution in [0, 0.1) is 0 Å². The van der Waals surface area contributed by atoms with Gasteiger partial charge in [0.25, 0.3) is 0 Å². The van der Waals surface area contributed by atoms with Crippen LogP contribution in [0.2, 0.25) is 5.02 Å². The Hall–Kier alpha value is -0.580. The van der Waals surface area contributed by atoms with Crippen molar-refractivity contribution in [3.63, 3.8) is 0 Å². The molecule has 1 N–H and O–H groups in total. The highest BCUT2D eigenvalue weighted by atomic mass is 79.9. The topological polar surface area (TPSA) is 46.5 Å². The average molecular weight is 376 g/mol. The second-order valence-corrected chi connectivity index (χ2v) is 7.35. The summed E-state index contributed by atoms with van der Waals surface area (Å²) < 4.78 is 4.74. The lowest BCUT2D eigenvalue weighted by Gasteiger charge is -2.33. The van der Waals surface area contributed by atoms with Crippen LogP contribution < -0.4 is 0 Å². The van der Waals surface area contributed by atoms with Crippen LogP contribution in [-0.4, -0.2) is 17.7 Å². The molecule has 0 saturated heterocycles. The lowest BCUT2D eigenvalue weighted by molar-refractivity contribution is -0.153. The van der Waals surface area contributed by atoms with Crippen LogP contribution in [0.1, 0.15) is 56.3 Å². The molecule has 1 aromatic carbocycles. The third kappa shape index (κ3) is 3.79. The maximum atomic E-state index is 11.6. The first kappa shape index (κ1) is 16.8. The Morgan fingerprint density at radius 1 is 1.43 bits per heavy atom. The van der Waals surface area contributed by atoms with Crippen molar-refractivity contribution >= 4 is 33.5 Å². The predicted molar refractivity (Wildman–Crippen MR) is 86.7 cm³/mol. The van der Waals surface area contributed by atoms with Crippen molar-refractivity contribution in [1.29, 1.82) is 0 Å². The van der Waals surface area contributed by atoms with Crippen LogP contribution in [0.3, 0.4) is 0 Å². The molecule has 0 aliphatic heterocycles. The van der Waals surface area contributed by atoms with Crippen molar-refractivity contribution in [3.05, 3.63) is 34.3 Å². The van der Waals surface area contributed by atoms with E-state index in [0.29, 0.717) is 10.6 Å². The van der Waals surface area contributed by atoms with Crippen LogP contribution in [0.5, 0.6) is 0 Å². The van der Waals surface area contributed by atoms with Crippen LogP contribution in [-0.2, 0) is 13.9 Å². The van der Waals surface area contributed by atoms with E-state index in [2.05, 4.69) is 15.9 Å². The average Bonchev–Trinajstić information content (AvgIpc) is 2.47. The van der Waals surface area contributed by atoms with E-state index in [9.17, 15) is 9.90 Å². The zero-order chi connectivity index (χ0) is 15.5. The third-order valence-corrected chi connectivity index (χ3v) is 5.48. The zero-order valence-electron chi connectivity index (χ0n) is 12.1.